The fourth-order valence-corrected chi connectivity index (χ4v) is 6.23. The molecule has 228 valence electrons. The number of fused-ring (bicyclic) bond motifs is 1. The molecule has 0 amide bonds. The number of ketones is 1. The number of anilines is 2. The lowest BCUT2D eigenvalue weighted by atomic mass is 9.82. The molecule has 0 atom stereocenters. The Balaban J connectivity index is 1.51. The molecule has 0 bridgehead atoms. The number of imidazole rings is 1. The van der Waals surface area contributed by atoms with Crippen LogP contribution in [0.4, 0.5) is 20.5 Å². The number of likely N-dealkylation sites (N-methyl/N-ethyl adjacent to an activating group) is 1. The predicted octanol–water partition coefficient (Wildman–Crippen LogP) is 5.13. The van der Waals surface area contributed by atoms with Crippen LogP contribution in [0.2, 0.25) is 0 Å². The van der Waals surface area contributed by atoms with Gasteiger partial charge in [0.1, 0.15) is 17.4 Å². The zero-order chi connectivity index (χ0) is 29.8. The van der Waals surface area contributed by atoms with Crippen LogP contribution in [0.25, 0.3) is 16.9 Å². The first-order chi connectivity index (χ1) is 20.2. The van der Waals surface area contributed by atoms with Crippen LogP contribution in [-0.4, -0.2) is 89.7 Å². The van der Waals surface area contributed by atoms with Crippen molar-refractivity contribution in [2.45, 2.75) is 58.4 Å². The maximum Gasteiger partial charge on any atom is 0.296 e. The van der Waals surface area contributed by atoms with Gasteiger partial charge in [-0.05, 0) is 63.7 Å². The lowest BCUT2D eigenvalue weighted by Crippen LogP contribution is -2.42. The number of aromatic nitrogens is 4. The molecule has 42 heavy (non-hydrogen) atoms. The molecule has 1 aromatic carbocycles. The van der Waals surface area contributed by atoms with Crippen LogP contribution in [0.1, 0.15) is 58.2 Å². The van der Waals surface area contributed by atoms with Gasteiger partial charge >= 0.3 is 0 Å². The summed E-state index contributed by atoms with van der Waals surface area (Å²) in [5.41, 5.74) is 1.09. The lowest BCUT2D eigenvalue weighted by molar-refractivity contribution is -0.120. The molecule has 1 saturated carbocycles. The third-order valence-corrected chi connectivity index (χ3v) is 8.11. The molecule has 2 aromatic heterocycles. The van der Waals surface area contributed by atoms with Crippen molar-refractivity contribution in [2.75, 3.05) is 63.3 Å². The molecule has 3 heterocycles. The number of rotatable bonds is 11. The molecule has 2 aliphatic rings. The second kappa shape index (κ2) is 13.4. The van der Waals surface area contributed by atoms with Crippen molar-refractivity contribution >= 4 is 28.6 Å². The summed E-state index contributed by atoms with van der Waals surface area (Å²) < 4.78 is 35.7. The molecule has 9 nitrogen and oxygen atoms in total. The smallest absolute Gasteiger partial charge is 0.296 e. The number of Topliss-reactive ketones (excluding diaryl/α,β-unsaturated/α-hetero) is 1. The van der Waals surface area contributed by atoms with Crippen LogP contribution in [-0.2, 0) is 9.53 Å². The SMILES string of the molecule is CC(C)CN(c1cc(-n2c(C(F)F)nc3ccccc32)nc(N2CCOCC2)n1)C1CCC(CC(=O)CN(C)C)CC1. The van der Waals surface area contributed by atoms with Crippen molar-refractivity contribution in [3.8, 4) is 5.82 Å². The highest BCUT2D eigenvalue weighted by atomic mass is 19.3. The number of carbonyl (C=O) groups is 1. The Bertz CT molecular complexity index is 1350. The van der Waals surface area contributed by atoms with Gasteiger partial charge in [0.05, 0.1) is 30.8 Å². The van der Waals surface area contributed by atoms with Crippen molar-refractivity contribution in [1.82, 2.24) is 24.4 Å². The molecule has 11 heteroatoms. The van der Waals surface area contributed by atoms with Crippen LogP contribution in [0.5, 0.6) is 0 Å². The average molecular weight is 584 g/mol. The third-order valence-electron chi connectivity index (χ3n) is 8.11. The molecule has 0 spiro atoms. The summed E-state index contributed by atoms with van der Waals surface area (Å²) >= 11 is 0. The molecule has 1 aliphatic heterocycles. The van der Waals surface area contributed by atoms with E-state index in [1.165, 1.54) is 4.57 Å². The summed E-state index contributed by atoms with van der Waals surface area (Å²) in [6, 6.07) is 9.26. The maximum atomic E-state index is 14.3. The molecule has 0 N–H and O–H groups in total. The fraction of sp³-hybridized carbons (Fsp3) is 0.613. The Kier molecular flexibility index (Phi) is 9.67. The van der Waals surface area contributed by atoms with Gasteiger partial charge in [-0.3, -0.25) is 9.36 Å². The minimum Gasteiger partial charge on any atom is -0.378 e. The normalized spacial score (nSPS) is 19.8. The highest BCUT2D eigenvalue weighted by Gasteiger charge is 2.30. The molecule has 1 aliphatic carbocycles. The number of hydrogen-bond donors (Lipinski definition) is 0. The molecule has 5 rings (SSSR count). The monoisotopic (exact) mass is 583 g/mol. The number of morpholine rings is 1. The maximum absolute atomic E-state index is 14.3. The molecular weight excluding hydrogens is 540 g/mol. The Morgan fingerprint density at radius 3 is 2.43 bits per heavy atom. The van der Waals surface area contributed by atoms with Gasteiger partial charge in [-0.25, -0.2) is 13.8 Å². The topological polar surface area (TPSA) is 79.6 Å². The van der Waals surface area contributed by atoms with E-state index >= 15 is 0 Å². The minimum absolute atomic E-state index is 0.238. The van der Waals surface area contributed by atoms with E-state index in [4.69, 9.17) is 14.7 Å². The predicted molar refractivity (Wildman–Crippen MR) is 161 cm³/mol. The Morgan fingerprint density at radius 2 is 1.76 bits per heavy atom. The third kappa shape index (κ3) is 7.06. The van der Waals surface area contributed by atoms with Crippen LogP contribution in [0, 0.1) is 11.8 Å². The van der Waals surface area contributed by atoms with Crippen LogP contribution in [0.15, 0.2) is 30.3 Å². The molecule has 0 radical (unpaired) electrons. The summed E-state index contributed by atoms with van der Waals surface area (Å²) in [5, 5.41) is 0. The Morgan fingerprint density at radius 1 is 1.05 bits per heavy atom. The van der Waals surface area contributed by atoms with E-state index < -0.39 is 6.43 Å². The van der Waals surface area contributed by atoms with Gasteiger partial charge in [-0.15, -0.1) is 0 Å². The van der Waals surface area contributed by atoms with Gasteiger partial charge in [0, 0.05) is 38.2 Å². The quantitative estimate of drug-likeness (QED) is 0.307. The first-order valence-electron chi connectivity index (χ1n) is 15.1. The molecule has 1 saturated heterocycles. The second-order valence-corrected chi connectivity index (χ2v) is 12.3. The molecule has 2 fully saturated rings. The summed E-state index contributed by atoms with van der Waals surface area (Å²) in [7, 11) is 3.85. The van der Waals surface area contributed by atoms with E-state index in [2.05, 4.69) is 28.6 Å². The van der Waals surface area contributed by atoms with Gasteiger partial charge in [-0.2, -0.15) is 9.97 Å². The van der Waals surface area contributed by atoms with Gasteiger partial charge in [0.15, 0.2) is 5.82 Å². The van der Waals surface area contributed by atoms with Crippen LogP contribution < -0.4 is 9.80 Å². The van der Waals surface area contributed by atoms with E-state index in [0.717, 1.165) is 38.0 Å². The second-order valence-electron chi connectivity index (χ2n) is 12.3. The summed E-state index contributed by atoms with van der Waals surface area (Å²) in [5.74, 6) is 2.36. The van der Waals surface area contributed by atoms with Gasteiger partial charge in [0.2, 0.25) is 5.95 Å². The molecular formula is C31H43F2N7O2. The number of halogens is 2. The van der Waals surface area contributed by atoms with Crippen molar-refractivity contribution in [3.63, 3.8) is 0 Å². The van der Waals surface area contributed by atoms with Gasteiger partial charge in [0.25, 0.3) is 6.43 Å². The van der Waals surface area contributed by atoms with Crippen molar-refractivity contribution < 1.29 is 18.3 Å². The number of alkyl halides is 2. The van der Waals surface area contributed by atoms with Crippen molar-refractivity contribution in [1.29, 1.82) is 0 Å². The van der Waals surface area contributed by atoms with E-state index in [0.29, 0.717) is 79.7 Å². The first kappa shape index (κ1) is 30.3. The summed E-state index contributed by atoms with van der Waals surface area (Å²) in [6.45, 7) is 8.01. The minimum atomic E-state index is -2.76. The largest absolute Gasteiger partial charge is 0.378 e. The van der Waals surface area contributed by atoms with Crippen molar-refractivity contribution in [2.24, 2.45) is 11.8 Å². The lowest BCUT2D eigenvalue weighted by Gasteiger charge is -2.39. The summed E-state index contributed by atoms with van der Waals surface area (Å²) in [6.07, 6.45) is 1.73. The number of nitrogens with zero attached hydrogens (tertiary/aromatic N) is 7. The highest BCUT2D eigenvalue weighted by Crippen LogP contribution is 2.35. The highest BCUT2D eigenvalue weighted by molar-refractivity contribution is 5.80. The van der Waals surface area contributed by atoms with E-state index in [1.807, 2.05) is 31.1 Å². The number of benzene rings is 1. The van der Waals surface area contributed by atoms with Crippen LogP contribution >= 0.6 is 0 Å². The van der Waals surface area contributed by atoms with E-state index in [1.54, 1.807) is 18.2 Å². The molecule has 0 unspecified atom stereocenters. The fourth-order valence-electron chi connectivity index (χ4n) is 6.23. The van der Waals surface area contributed by atoms with Gasteiger partial charge < -0.3 is 19.4 Å². The number of hydrogen-bond acceptors (Lipinski definition) is 8. The van der Waals surface area contributed by atoms with E-state index in [9.17, 15) is 13.6 Å². The standard InChI is InChI=1S/C31H43F2N7O2/c1-21(2)19-39(23-11-9-22(10-12-23)17-24(41)20-37(3)4)27-18-28(36-31(35-27)38-13-15-42-16-14-38)40-26-8-6-5-7-25(26)34-30(40)29(32)33/h5-8,18,21-23,29H,9-17,19-20H2,1-4H3. The zero-order valence-electron chi connectivity index (χ0n) is 25.2. The Hall–Kier alpha value is -3.18. The zero-order valence-corrected chi connectivity index (χ0v) is 25.2. The van der Waals surface area contributed by atoms with E-state index in [-0.39, 0.29) is 11.9 Å². The van der Waals surface area contributed by atoms with Crippen molar-refractivity contribution in [3.05, 3.63) is 36.2 Å². The number of para-hydroxylation sites is 2. The average Bonchev–Trinajstić information content (AvgIpc) is 3.36. The number of carbonyl (C=O) groups excluding carboxylic acids is 1. The molecule has 3 aromatic rings. The number of ether oxygens (including phenoxy) is 1. The van der Waals surface area contributed by atoms with Gasteiger partial charge in [-0.1, -0.05) is 26.0 Å². The Labute approximate surface area is 246 Å². The summed E-state index contributed by atoms with van der Waals surface area (Å²) in [4.78, 5) is 33.0. The first-order valence-corrected chi connectivity index (χ1v) is 15.1. The van der Waals surface area contributed by atoms with Crippen LogP contribution in [0.3, 0.4) is 0 Å².